The van der Waals surface area contributed by atoms with Gasteiger partial charge in [0.1, 0.15) is 11.8 Å². The van der Waals surface area contributed by atoms with Crippen LogP contribution >= 0.6 is 0 Å². The van der Waals surface area contributed by atoms with Gasteiger partial charge in [-0.15, -0.1) is 0 Å². The van der Waals surface area contributed by atoms with E-state index in [1.807, 2.05) is 18.2 Å². The topological polar surface area (TPSA) is 57.9 Å². The monoisotopic (exact) mass is 219 g/mol. The highest BCUT2D eigenvalue weighted by atomic mass is 16.5. The third kappa shape index (κ3) is 4.39. The standard InChI is InChI=1S/C12H17N3O/c1-10(2)14-6-7-16-9-11-4-3-5-15-12(11)8-13/h3-5,10,14H,6-7,9H2,1-2H3. The number of hydrogen-bond acceptors (Lipinski definition) is 4. The Kier molecular flexibility index (Phi) is 5.48. The molecule has 0 unspecified atom stereocenters. The SMILES string of the molecule is CC(C)NCCOCc1cccnc1C#N. The molecule has 0 aliphatic carbocycles. The van der Waals surface area contributed by atoms with E-state index in [0.717, 1.165) is 12.1 Å². The van der Waals surface area contributed by atoms with Gasteiger partial charge in [-0.1, -0.05) is 19.9 Å². The average molecular weight is 219 g/mol. The van der Waals surface area contributed by atoms with Crippen LogP contribution in [0.1, 0.15) is 25.1 Å². The van der Waals surface area contributed by atoms with Gasteiger partial charge in [0, 0.05) is 24.3 Å². The summed E-state index contributed by atoms with van der Waals surface area (Å²) in [6, 6.07) is 6.19. The van der Waals surface area contributed by atoms with Crippen molar-refractivity contribution in [2.24, 2.45) is 0 Å². The van der Waals surface area contributed by atoms with Gasteiger partial charge in [-0.3, -0.25) is 0 Å². The van der Waals surface area contributed by atoms with E-state index in [-0.39, 0.29) is 0 Å². The fraction of sp³-hybridized carbons (Fsp3) is 0.500. The molecule has 1 aromatic rings. The summed E-state index contributed by atoms with van der Waals surface area (Å²) in [6.07, 6.45) is 1.61. The van der Waals surface area contributed by atoms with Gasteiger partial charge in [-0.2, -0.15) is 5.26 Å². The molecule has 16 heavy (non-hydrogen) atoms. The highest BCUT2D eigenvalue weighted by Crippen LogP contribution is 2.05. The molecule has 0 spiro atoms. The molecule has 4 nitrogen and oxygen atoms in total. The first-order valence-electron chi connectivity index (χ1n) is 5.39. The molecule has 4 heteroatoms. The second kappa shape index (κ2) is 6.94. The summed E-state index contributed by atoms with van der Waals surface area (Å²) in [5, 5.41) is 12.1. The zero-order valence-corrected chi connectivity index (χ0v) is 9.73. The Morgan fingerprint density at radius 1 is 1.56 bits per heavy atom. The summed E-state index contributed by atoms with van der Waals surface area (Å²) >= 11 is 0. The lowest BCUT2D eigenvalue weighted by molar-refractivity contribution is 0.121. The van der Waals surface area contributed by atoms with Crippen LogP contribution < -0.4 is 5.32 Å². The molecule has 86 valence electrons. The molecule has 0 saturated carbocycles. The van der Waals surface area contributed by atoms with Crippen LogP contribution in [0.3, 0.4) is 0 Å². The third-order valence-electron chi connectivity index (χ3n) is 2.05. The number of nitrogens with zero attached hydrogens (tertiary/aromatic N) is 2. The molecule has 0 aliphatic heterocycles. The van der Waals surface area contributed by atoms with Crippen LogP contribution in [0.4, 0.5) is 0 Å². The van der Waals surface area contributed by atoms with Gasteiger partial charge in [0.05, 0.1) is 13.2 Å². The van der Waals surface area contributed by atoms with E-state index in [4.69, 9.17) is 10.00 Å². The average Bonchev–Trinajstić information content (AvgIpc) is 2.29. The molecule has 0 atom stereocenters. The lowest BCUT2D eigenvalue weighted by Gasteiger charge is -2.08. The van der Waals surface area contributed by atoms with Gasteiger partial charge < -0.3 is 10.1 Å². The highest BCUT2D eigenvalue weighted by molar-refractivity contribution is 5.29. The quantitative estimate of drug-likeness (QED) is 0.736. The summed E-state index contributed by atoms with van der Waals surface area (Å²) < 4.78 is 5.46. The number of pyridine rings is 1. The van der Waals surface area contributed by atoms with E-state index in [0.29, 0.717) is 24.9 Å². The maximum Gasteiger partial charge on any atom is 0.145 e. The molecule has 0 bridgehead atoms. The largest absolute Gasteiger partial charge is 0.375 e. The molecule has 0 saturated heterocycles. The molecule has 1 N–H and O–H groups in total. The molecule has 0 amide bonds. The fourth-order valence-corrected chi connectivity index (χ4v) is 1.26. The van der Waals surface area contributed by atoms with Gasteiger partial charge in [0.25, 0.3) is 0 Å². The van der Waals surface area contributed by atoms with E-state index in [1.54, 1.807) is 6.20 Å². The van der Waals surface area contributed by atoms with Crippen LogP contribution in [0, 0.1) is 11.3 Å². The van der Waals surface area contributed by atoms with Gasteiger partial charge in [0.15, 0.2) is 0 Å². The first-order valence-corrected chi connectivity index (χ1v) is 5.39. The Morgan fingerprint density at radius 2 is 2.38 bits per heavy atom. The molecule has 0 fully saturated rings. The highest BCUT2D eigenvalue weighted by Gasteiger charge is 2.01. The minimum atomic E-state index is 0.441. The number of ether oxygens (including phenoxy) is 1. The number of nitriles is 1. The normalized spacial score (nSPS) is 10.4. The van der Waals surface area contributed by atoms with Crippen molar-refractivity contribution in [3.63, 3.8) is 0 Å². The zero-order valence-electron chi connectivity index (χ0n) is 9.73. The lowest BCUT2D eigenvalue weighted by Crippen LogP contribution is -2.26. The second-order valence-corrected chi connectivity index (χ2v) is 3.78. The van der Waals surface area contributed by atoms with Crippen LogP contribution in [0.2, 0.25) is 0 Å². The van der Waals surface area contributed by atoms with Crippen molar-refractivity contribution in [3.05, 3.63) is 29.6 Å². The van der Waals surface area contributed by atoms with Crippen LogP contribution in [-0.4, -0.2) is 24.2 Å². The van der Waals surface area contributed by atoms with E-state index in [1.165, 1.54) is 0 Å². The minimum Gasteiger partial charge on any atom is -0.375 e. The van der Waals surface area contributed by atoms with Gasteiger partial charge in [-0.25, -0.2) is 4.98 Å². The van der Waals surface area contributed by atoms with Gasteiger partial charge in [0.2, 0.25) is 0 Å². The molecular weight excluding hydrogens is 202 g/mol. The van der Waals surface area contributed by atoms with Crippen LogP contribution in [-0.2, 0) is 11.3 Å². The van der Waals surface area contributed by atoms with E-state index in [9.17, 15) is 0 Å². The Morgan fingerprint density at radius 3 is 3.06 bits per heavy atom. The number of hydrogen-bond donors (Lipinski definition) is 1. The van der Waals surface area contributed by atoms with Crippen molar-refractivity contribution in [1.29, 1.82) is 5.26 Å². The van der Waals surface area contributed by atoms with Crippen LogP contribution in [0.25, 0.3) is 0 Å². The predicted molar refractivity (Wildman–Crippen MR) is 61.7 cm³/mol. The third-order valence-corrected chi connectivity index (χ3v) is 2.05. The van der Waals surface area contributed by atoms with Crippen molar-refractivity contribution in [3.8, 4) is 6.07 Å². The summed E-state index contributed by atoms with van der Waals surface area (Å²) in [4.78, 5) is 3.97. The number of aromatic nitrogens is 1. The van der Waals surface area contributed by atoms with Crippen LogP contribution in [0.15, 0.2) is 18.3 Å². The fourth-order valence-electron chi connectivity index (χ4n) is 1.26. The lowest BCUT2D eigenvalue weighted by atomic mass is 10.2. The zero-order chi connectivity index (χ0) is 11.8. The Balaban J connectivity index is 2.30. The number of rotatable bonds is 6. The van der Waals surface area contributed by atoms with Crippen molar-refractivity contribution in [2.75, 3.05) is 13.2 Å². The Hall–Kier alpha value is -1.44. The van der Waals surface area contributed by atoms with Crippen molar-refractivity contribution in [1.82, 2.24) is 10.3 Å². The Labute approximate surface area is 96.3 Å². The van der Waals surface area contributed by atoms with Crippen LogP contribution in [0.5, 0.6) is 0 Å². The number of nitrogens with one attached hydrogen (secondary N) is 1. The Bertz CT molecular complexity index is 358. The smallest absolute Gasteiger partial charge is 0.145 e. The molecular formula is C12H17N3O. The van der Waals surface area contributed by atoms with Gasteiger partial charge in [-0.05, 0) is 6.07 Å². The van der Waals surface area contributed by atoms with E-state index < -0.39 is 0 Å². The summed E-state index contributed by atoms with van der Waals surface area (Å²) in [6.45, 7) is 6.08. The maximum absolute atomic E-state index is 8.81. The summed E-state index contributed by atoms with van der Waals surface area (Å²) in [7, 11) is 0. The first kappa shape index (κ1) is 12.6. The molecule has 1 aromatic heterocycles. The summed E-state index contributed by atoms with van der Waals surface area (Å²) in [5.74, 6) is 0. The molecule has 0 radical (unpaired) electrons. The van der Waals surface area contributed by atoms with Gasteiger partial charge >= 0.3 is 0 Å². The molecule has 1 heterocycles. The van der Waals surface area contributed by atoms with E-state index in [2.05, 4.69) is 24.1 Å². The second-order valence-electron chi connectivity index (χ2n) is 3.78. The molecule has 0 aliphatic rings. The van der Waals surface area contributed by atoms with Crippen molar-refractivity contribution in [2.45, 2.75) is 26.5 Å². The van der Waals surface area contributed by atoms with E-state index >= 15 is 0 Å². The van der Waals surface area contributed by atoms with Crippen molar-refractivity contribution >= 4 is 0 Å². The van der Waals surface area contributed by atoms with Crippen molar-refractivity contribution < 1.29 is 4.74 Å². The predicted octanol–water partition coefficient (Wildman–Crippen LogP) is 1.47. The molecule has 1 rings (SSSR count). The maximum atomic E-state index is 8.81. The first-order chi connectivity index (χ1) is 7.74. The minimum absolute atomic E-state index is 0.441. The molecule has 0 aromatic carbocycles. The summed E-state index contributed by atoms with van der Waals surface area (Å²) in [5.41, 5.74) is 1.29.